The summed E-state index contributed by atoms with van der Waals surface area (Å²) in [5.74, 6) is 0. The number of fused-ring (bicyclic) bond motifs is 22. The Morgan fingerprint density at radius 3 is 1.18 bits per heavy atom. The van der Waals surface area contributed by atoms with Gasteiger partial charge in [0.05, 0.1) is 10.8 Å². The summed E-state index contributed by atoms with van der Waals surface area (Å²) >= 11 is 0. The molecule has 119 heavy (non-hydrogen) atoms. The number of para-hydroxylation sites is 2. The van der Waals surface area contributed by atoms with Crippen molar-refractivity contribution in [2.24, 2.45) is 0 Å². The molecule has 0 aliphatic heterocycles. The van der Waals surface area contributed by atoms with E-state index < -0.39 is 10.8 Å². The molecule has 0 spiro atoms. The van der Waals surface area contributed by atoms with Gasteiger partial charge in [-0.05, 0) is 209 Å². The minimum Gasteiger partial charge on any atom is -0.456 e. The molecule has 3 heteroatoms. The van der Waals surface area contributed by atoms with Crippen molar-refractivity contribution in [3.8, 4) is 55.6 Å². The quantitative estimate of drug-likeness (QED) is 0.0394. The van der Waals surface area contributed by atoms with Crippen LogP contribution >= 0.6 is 0 Å². The van der Waals surface area contributed by atoms with Gasteiger partial charge in [-0.2, -0.15) is 0 Å². The van der Waals surface area contributed by atoms with Crippen molar-refractivity contribution in [1.82, 2.24) is 0 Å². The van der Waals surface area contributed by atoms with E-state index in [1.807, 2.05) is 0 Å². The summed E-state index contributed by atoms with van der Waals surface area (Å²) < 4.78 is 14.6. The summed E-state index contributed by atoms with van der Waals surface area (Å²) in [4.78, 5) is 2.67. The summed E-state index contributed by atoms with van der Waals surface area (Å²) in [6.45, 7) is 9.50. The van der Waals surface area contributed by atoms with Crippen molar-refractivity contribution in [3.05, 3.63) is 376 Å². The van der Waals surface area contributed by atoms with Crippen molar-refractivity contribution in [2.45, 2.75) is 203 Å². The van der Waals surface area contributed by atoms with Crippen LogP contribution in [0.25, 0.3) is 99.5 Å². The second-order valence-corrected chi connectivity index (χ2v) is 35.2. The zero-order valence-electron chi connectivity index (χ0n) is 70.2. The van der Waals surface area contributed by atoms with Crippen LogP contribution in [0.5, 0.6) is 0 Å². The molecule has 592 valence electrons. The molecule has 3 nitrogen and oxygen atoms in total. The van der Waals surface area contributed by atoms with Crippen molar-refractivity contribution >= 4 is 60.9 Å². The Bertz CT molecular complexity index is 6250. The van der Waals surface area contributed by atoms with Crippen molar-refractivity contribution in [2.75, 3.05) is 4.90 Å². The van der Waals surface area contributed by atoms with E-state index in [0.717, 1.165) is 70.2 Å². The maximum atomic E-state index is 7.69. The highest BCUT2D eigenvalue weighted by Gasteiger charge is 2.56. The van der Waals surface area contributed by atoms with Crippen LogP contribution in [0.4, 0.5) is 17.1 Å². The number of furan rings is 2. The van der Waals surface area contributed by atoms with Crippen LogP contribution in [0.2, 0.25) is 0 Å². The van der Waals surface area contributed by atoms with Gasteiger partial charge in [0, 0.05) is 55.0 Å². The second kappa shape index (κ2) is 32.3. The van der Waals surface area contributed by atoms with E-state index >= 15 is 0 Å². The Labute approximate surface area is 705 Å². The van der Waals surface area contributed by atoms with Gasteiger partial charge in [-0.1, -0.05) is 399 Å². The Morgan fingerprint density at radius 1 is 0.244 bits per heavy atom. The Hall–Kier alpha value is -11.5. The predicted molar refractivity (Wildman–Crippen MR) is 502 cm³/mol. The zero-order chi connectivity index (χ0) is 80.1. The van der Waals surface area contributed by atoms with E-state index in [1.54, 1.807) is 16.7 Å². The van der Waals surface area contributed by atoms with Gasteiger partial charge in [-0.15, -0.1) is 0 Å². The molecule has 2 aromatic heterocycles. The molecule has 0 saturated carbocycles. The van der Waals surface area contributed by atoms with E-state index in [2.05, 4.69) is 342 Å². The predicted octanol–water partition coefficient (Wildman–Crippen LogP) is 33.3. The molecule has 2 heterocycles. The SMILES string of the molecule is CCCCCCCC1(CCCCCCC)c2ccccc2-c2c1c1c(c3c2oc2ccccc23)-c2ccc(N(c3ccc(-c4ccccc4)cc3)c3ccc4c(c3)C(c3ccccc3)(c3ccccc3)c3cc5c(cc3-4)C(c3ccccc3)(c3ccccc3)c3ccc4oc6ccccc6c4c3-5)cc2C1(CCCCCCC)CCCCCCC. The van der Waals surface area contributed by atoms with Gasteiger partial charge in [0.15, 0.2) is 0 Å². The normalized spacial score (nSPS) is 14.5. The Balaban J connectivity index is 0.865. The van der Waals surface area contributed by atoms with Crippen LogP contribution in [-0.2, 0) is 21.7 Å². The molecule has 0 amide bonds. The maximum absolute atomic E-state index is 7.69. The molecular formula is C116H111NO2. The molecule has 0 saturated heterocycles. The first-order valence-corrected chi connectivity index (χ1v) is 45.6. The van der Waals surface area contributed by atoms with E-state index in [0.29, 0.717) is 0 Å². The molecule has 0 atom stereocenters. The lowest BCUT2D eigenvalue weighted by Crippen LogP contribution is -2.33. The monoisotopic (exact) mass is 1550 g/mol. The molecular weight excluding hydrogens is 1440 g/mol. The first kappa shape index (κ1) is 76.2. The second-order valence-electron chi connectivity index (χ2n) is 35.2. The maximum Gasteiger partial charge on any atom is 0.144 e. The number of unbranched alkanes of at least 4 members (excludes halogenated alkanes) is 16. The molecule has 4 aliphatic rings. The highest BCUT2D eigenvalue weighted by Crippen LogP contribution is 2.69. The van der Waals surface area contributed by atoms with Crippen molar-refractivity contribution < 1.29 is 8.83 Å². The Kier molecular flexibility index (Phi) is 20.7. The molecule has 0 N–H and O–H groups in total. The topological polar surface area (TPSA) is 29.5 Å². The minimum absolute atomic E-state index is 0.200. The van der Waals surface area contributed by atoms with Crippen LogP contribution < -0.4 is 4.90 Å². The number of rotatable bonds is 32. The molecule has 4 aliphatic carbocycles. The van der Waals surface area contributed by atoms with Gasteiger partial charge in [0.2, 0.25) is 0 Å². The largest absolute Gasteiger partial charge is 0.456 e. The summed E-state index contributed by atoms with van der Waals surface area (Å²) in [6, 6.07) is 120. The van der Waals surface area contributed by atoms with Crippen LogP contribution in [0.15, 0.2) is 318 Å². The van der Waals surface area contributed by atoms with Crippen molar-refractivity contribution in [3.63, 3.8) is 0 Å². The molecule has 0 fully saturated rings. The molecule has 0 bridgehead atoms. The smallest absolute Gasteiger partial charge is 0.144 e. The third-order valence-corrected chi connectivity index (χ3v) is 28.6. The molecule has 14 aromatic carbocycles. The number of benzene rings is 14. The van der Waals surface area contributed by atoms with Gasteiger partial charge < -0.3 is 13.7 Å². The van der Waals surface area contributed by atoms with Gasteiger partial charge in [-0.3, -0.25) is 0 Å². The Morgan fingerprint density at radius 2 is 0.639 bits per heavy atom. The fourth-order valence-corrected chi connectivity index (χ4v) is 23.3. The third kappa shape index (κ3) is 12.4. The van der Waals surface area contributed by atoms with E-state index in [-0.39, 0.29) is 10.8 Å². The lowest BCUT2D eigenvalue weighted by Gasteiger charge is -2.40. The first-order chi connectivity index (χ1) is 58.9. The minimum atomic E-state index is -0.794. The lowest BCUT2D eigenvalue weighted by atomic mass is 9.62. The first-order valence-electron chi connectivity index (χ1n) is 45.6. The summed E-state index contributed by atoms with van der Waals surface area (Å²) in [6.07, 6.45) is 29.2. The van der Waals surface area contributed by atoms with Crippen LogP contribution in [-0.4, -0.2) is 0 Å². The average Bonchev–Trinajstić information content (AvgIpc) is 1.50. The van der Waals surface area contributed by atoms with Gasteiger partial charge in [0.1, 0.15) is 22.3 Å². The van der Waals surface area contributed by atoms with E-state index in [1.165, 1.54) is 251 Å². The van der Waals surface area contributed by atoms with E-state index in [4.69, 9.17) is 8.83 Å². The number of nitrogens with zero attached hydrogens (tertiary/aromatic N) is 1. The highest BCUT2D eigenvalue weighted by atomic mass is 16.3. The number of hydrogen-bond acceptors (Lipinski definition) is 3. The fourth-order valence-electron chi connectivity index (χ4n) is 23.3. The average molecular weight is 1550 g/mol. The number of hydrogen-bond donors (Lipinski definition) is 0. The summed E-state index contributed by atoms with van der Waals surface area (Å²) in [5, 5.41) is 4.83. The molecule has 16 aromatic rings. The van der Waals surface area contributed by atoms with Crippen LogP contribution in [0, 0.1) is 0 Å². The molecule has 0 radical (unpaired) electrons. The van der Waals surface area contributed by atoms with Gasteiger partial charge >= 0.3 is 0 Å². The number of anilines is 3. The summed E-state index contributed by atoms with van der Waals surface area (Å²) in [5.41, 5.74) is 34.6. The van der Waals surface area contributed by atoms with E-state index in [9.17, 15) is 0 Å². The van der Waals surface area contributed by atoms with Gasteiger partial charge in [-0.25, -0.2) is 0 Å². The van der Waals surface area contributed by atoms with Crippen molar-refractivity contribution in [1.29, 1.82) is 0 Å². The summed E-state index contributed by atoms with van der Waals surface area (Å²) in [7, 11) is 0. The molecule has 0 unspecified atom stereocenters. The standard InChI is InChI=1S/C116H111NO2/c1-5-9-13-17-42-72-113(73-43-18-14-10-6-2)96-59-39-36-56-90(96)109-111(113)110-107(108-93-58-38-41-61-103(93)119-112(108)109)91-69-67-87(76-98(91)114(110,74-44-19-15-11-7-3)75-45-20-16-12-8-4)117(86-64-62-81(63-65-86)80-46-26-21-27-47-80)88-66-68-89-94-78-101-95(79-100(94)116(99(89)77-88,84-52-32-24-33-53-84)85-54-34-25-35-55-85)105-97(70-71-104-106(105)92-57-37-40-60-102(92)118-104)115(101,82-48-28-22-29-49-82)83-50-30-23-31-51-83/h21-41,46-71,76-79H,5-20,42-45,72-75H2,1-4H3. The lowest BCUT2D eigenvalue weighted by molar-refractivity contribution is 0.369. The fraction of sp³-hybridized carbons (Fsp3) is 0.276. The van der Waals surface area contributed by atoms with Gasteiger partial charge in [0.25, 0.3) is 0 Å². The zero-order valence-corrected chi connectivity index (χ0v) is 70.2. The highest BCUT2D eigenvalue weighted by molar-refractivity contribution is 6.21. The van der Waals surface area contributed by atoms with Crippen LogP contribution in [0.1, 0.15) is 249 Å². The third-order valence-electron chi connectivity index (χ3n) is 28.6. The molecule has 20 rings (SSSR count). The van der Waals surface area contributed by atoms with Crippen LogP contribution in [0.3, 0.4) is 0 Å².